The molecule has 4 rings (SSSR count). The van der Waals surface area contributed by atoms with Crippen molar-refractivity contribution in [1.82, 2.24) is 20.9 Å². The molecular weight excluding hydrogens is 915 g/mol. The van der Waals surface area contributed by atoms with Gasteiger partial charge in [-0.2, -0.15) is 0 Å². The minimum absolute atomic E-state index is 0.0887. The Labute approximate surface area is 417 Å². The summed E-state index contributed by atoms with van der Waals surface area (Å²) in [6.45, 7) is 16.7. The predicted octanol–water partition coefficient (Wildman–Crippen LogP) is 7.96. The summed E-state index contributed by atoms with van der Waals surface area (Å²) in [6, 6.07) is 2.23. The van der Waals surface area contributed by atoms with Gasteiger partial charge in [-0.25, -0.2) is 0 Å². The number of phenolic OH excluding ortho intramolecular Hbond substituents is 1. The smallest absolute Gasteiger partial charge is 0.322 e. The monoisotopic (exact) mass is 994 g/mol. The van der Waals surface area contributed by atoms with Crippen molar-refractivity contribution < 1.29 is 53.6 Å². The van der Waals surface area contributed by atoms with Gasteiger partial charge in [0.2, 0.25) is 17.7 Å². The molecule has 388 valence electrons. The molecule has 17 heteroatoms. The van der Waals surface area contributed by atoms with Gasteiger partial charge in [-0.3, -0.25) is 28.8 Å². The molecule has 1 aliphatic rings. The van der Waals surface area contributed by atoms with Crippen molar-refractivity contribution >= 4 is 58.3 Å². The van der Waals surface area contributed by atoms with Gasteiger partial charge < -0.3 is 51.5 Å². The Morgan fingerprint density at radius 1 is 0.886 bits per heavy atom. The van der Waals surface area contributed by atoms with Gasteiger partial charge in [0.15, 0.2) is 0 Å². The molecule has 0 fully saturated rings. The van der Waals surface area contributed by atoms with Crippen molar-refractivity contribution in [2.45, 2.75) is 175 Å². The first-order valence-corrected chi connectivity index (χ1v) is 26.1. The number of phenols is 1. The number of hydrogen-bond acceptors (Lipinski definition) is 11. The predicted molar refractivity (Wildman–Crippen MR) is 273 cm³/mol. The van der Waals surface area contributed by atoms with E-state index in [4.69, 9.17) is 20.3 Å². The van der Waals surface area contributed by atoms with Gasteiger partial charge in [0.1, 0.15) is 41.5 Å². The van der Waals surface area contributed by atoms with Crippen molar-refractivity contribution in [2.75, 3.05) is 18.8 Å². The molecule has 1 aliphatic heterocycles. The molecular formula is C53H79N5O11S. The van der Waals surface area contributed by atoms with Crippen LogP contribution in [0.25, 0.3) is 10.9 Å². The number of benzene rings is 2. The van der Waals surface area contributed by atoms with Crippen molar-refractivity contribution in [1.29, 1.82) is 0 Å². The summed E-state index contributed by atoms with van der Waals surface area (Å²) in [5, 5.41) is 35.7. The maximum absolute atomic E-state index is 14.0. The van der Waals surface area contributed by atoms with Crippen LogP contribution in [0.15, 0.2) is 24.4 Å². The van der Waals surface area contributed by atoms with E-state index in [0.717, 1.165) is 100 Å². The molecule has 3 amide bonds. The number of carboxylic acid groups (broad SMARTS) is 2. The fraction of sp³-hybridized carbons (Fsp3) is 0.623. The average molecular weight is 994 g/mol. The number of carbonyl (C=O) groups is 6. The lowest BCUT2D eigenvalue weighted by Gasteiger charge is -2.38. The summed E-state index contributed by atoms with van der Waals surface area (Å²) < 4.78 is 13.0. The number of carbonyl (C=O) groups excluding carboxylic acids is 4. The SMILES string of the molecule is Cc1c(C)c2c(c(C)c1OC(=O)CC(SCC(NC(=O)CCC(N)C(=O)O)C(=O)NCC(=O)O)C(=O)NCCc1c[nH]c3ccc(O)cc13)CC[C@@](C)(CCC[C@H](C)CCC[C@H](C)CCCC(C)C)O2. The highest BCUT2D eigenvalue weighted by Gasteiger charge is 2.36. The molecule has 0 bridgehead atoms. The second-order valence-corrected chi connectivity index (χ2v) is 21.5. The summed E-state index contributed by atoms with van der Waals surface area (Å²) in [7, 11) is 0. The van der Waals surface area contributed by atoms with Crippen LogP contribution in [-0.4, -0.2) is 97.7 Å². The number of fused-ring (bicyclic) bond motifs is 2. The minimum Gasteiger partial charge on any atom is -0.508 e. The van der Waals surface area contributed by atoms with Gasteiger partial charge in [-0.15, -0.1) is 11.8 Å². The molecule has 6 atom stereocenters. The zero-order valence-corrected chi connectivity index (χ0v) is 43.4. The Hall–Kier alpha value is -5.29. The van der Waals surface area contributed by atoms with Gasteiger partial charge in [0.25, 0.3) is 0 Å². The first-order chi connectivity index (χ1) is 33.1. The van der Waals surface area contributed by atoms with E-state index in [2.05, 4.69) is 55.6 Å². The summed E-state index contributed by atoms with van der Waals surface area (Å²) in [6.07, 6.45) is 13.6. The van der Waals surface area contributed by atoms with Crippen LogP contribution in [0.3, 0.4) is 0 Å². The van der Waals surface area contributed by atoms with Crippen molar-refractivity contribution in [3.05, 3.63) is 52.2 Å². The van der Waals surface area contributed by atoms with Crippen LogP contribution in [0.5, 0.6) is 17.2 Å². The number of rotatable bonds is 30. The molecule has 2 aromatic carbocycles. The van der Waals surface area contributed by atoms with Crippen molar-refractivity contribution in [3.8, 4) is 17.2 Å². The molecule has 0 saturated carbocycles. The molecule has 16 nitrogen and oxygen atoms in total. The fourth-order valence-corrected chi connectivity index (χ4v) is 10.3. The summed E-state index contributed by atoms with van der Waals surface area (Å²) >= 11 is 0.899. The number of aliphatic carboxylic acids is 2. The van der Waals surface area contributed by atoms with Gasteiger partial charge in [-0.05, 0) is 124 Å². The topological polar surface area (TPSA) is 259 Å². The van der Waals surface area contributed by atoms with Crippen LogP contribution in [0.1, 0.15) is 146 Å². The Kier molecular flexibility index (Phi) is 22.4. The number of aromatic nitrogens is 1. The molecule has 70 heavy (non-hydrogen) atoms. The third kappa shape index (κ3) is 17.8. The molecule has 2 heterocycles. The first kappa shape index (κ1) is 57.3. The van der Waals surface area contributed by atoms with Crippen LogP contribution < -0.4 is 31.2 Å². The summed E-state index contributed by atoms with van der Waals surface area (Å²) in [4.78, 5) is 79.7. The van der Waals surface area contributed by atoms with Crippen LogP contribution in [0.4, 0.5) is 0 Å². The van der Waals surface area contributed by atoms with Crippen molar-refractivity contribution in [3.63, 3.8) is 0 Å². The number of amides is 3. The number of aromatic hydroxyl groups is 1. The zero-order valence-electron chi connectivity index (χ0n) is 42.6. The largest absolute Gasteiger partial charge is 0.508 e. The van der Waals surface area contributed by atoms with Gasteiger partial charge in [-0.1, -0.05) is 72.6 Å². The molecule has 0 spiro atoms. The Morgan fingerprint density at radius 3 is 2.21 bits per heavy atom. The van der Waals surface area contributed by atoms with E-state index in [9.17, 15) is 39.0 Å². The fourth-order valence-electron chi connectivity index (χ4n) is 9.11. The first-order valence-electron chi connectivity index (χ1n) is 25.0. The van der Waals surface area contributed by atoms with E-state index in [1.54, 1.807) is 24.4 Å². The number of ether oxygens (including phenoxy) is 2. The third-order valence-corrected chi connectivity index (χ3v) is 15.0. The van der Waals surface area contributed by atoms with Gasteiger partial charge in [0.05, 0.1) is 11.7 Å². The average Bonchev–Trinajstić information content (AvgIpc) is 3.69. The second kappa shape index (κ2) is 27.4. The maximum Gasteiger partial charge on any atom is 0.322 e. The molecule has 0 radical (unpaired) electrons. The standard InChI is InChI=1S/C53H79N5O11S/c1-31(2)12-9-13-32(3)14-10-15-33(4)16-11-23-53(8)24-21-39-36(7)48(34(5)35(6)49(39)69-53)68-47(63)27-44(51(65)55-25-22-37-28-56-42-19-17-38(59)26-40(37)42)70-30-43(50(64)57-29-46(61)62)58-45(60)20-18-41(54)52(66)67/h17,19,26,28,31-33,41,43-44,56,59H,9-16,18,20-25,27,29-30,54H2,1-8H3,(H,55,65)(H,57,64)(H,58,60)(H,61,62)(H,66,67)/t32-,33-,41?,43?,44?,53-/m1/s1. The van der Waals surface area contributed by atoms with Gasteiger partial charge in [0, 0.05) is 41.4 Å². The van der Waals surface area contributed by atoms with Crippen molar-refractivity contribution in [2.24, 2.45) is 23.5 Å². The Morgan fingerprint density at radius 2 is 1.56 bits per heavy atom. The van der Waals surface area contributed by atoms with E-state index < -0.39 is 65.9 Å². The highest BCUT2D eigenvalue weighted by atomic mass is 32.2. The van der Waals surface area contributed by atoms with E-state index in [-0.39, 0.29) is 36.5 Å². The number of H-pyrrole nitrogens is 1. The lowest BCUT2D eigenvalue weighted by molar-refractivity contribution is -0.139. The molecule has 0 saturated heterocycles. The van der Waals surface area contributed by atoms with Crippen LogP contribution in [0.2, 0.25) is 0 Å². The minimum atomic E-state index is -1.37. The lowest BCUT2D eigenvalue weighted by atomic mass is 9.83. The number of hydrogen-bond donors (Lipinski definition) is 8. The summed E-state index contributed by atoms with van der Waals surface area (Å²) in [5.41, 5.74) is 10.2. The number of aromatic amines is 1. The highest BCUT2D eigenvalue weighted by Crippen LogP contribution is 2.45. The highest BCUT2D eigenvalue weighted by molar-refractivity contribution is 8.00. The zero-order chi connectivity index (χ0) is 51.7. The maximum atomic E-state index is 14.0. The van der Waals surface area contributed by atoms with E-state index >= 15 is 0 Å². The van der Waals surface area contributed by atoms with Gasteiger partial charge >= 0.3 is 17.9 Å². The van der Waals surface area contributed by atoms with E-state index in [0.29, 0.717) is 18.1 Å². The number of nitrogens with two attached hydrogens (primary N) is 1. The Bertz CT molecular complexity index is 2280. The van der Waals surface area contributed by atoms with E-state index in [1.807, 2.05) is 20.8 Å². The normalized spacial score (nSPS) is 16.6. The quantitative estimate of drug-likeness (QED) is 0.0233. The third-order valence-electron chi connectivity index (χ3n) is 13.7. The second-order valence-electron chi connectivity index (χ2n) is 20.2. The van der Waals surface area contributed by atoms with Crippen LogP contribution in [0, 0.1) is 38.5 Å². The lowest BCUT2D eigenvalue weighted by Crippen LogP contribution is -2.50. The summed E-state index contributed by atoms with van der Waals surface area (Å²) in [5.74, 6) is -2.23. The molecule has 9 N–H and O–H groups in total. The van der Waals surface area contributed by atoms with E-state index in [1.165, 1.54) is 38.5 Å². The number of esters is 1. The molecule has 3 aromatic rings. The number of nitrogens with one attached hydrogen (secondary N) is 4. The molecule has 1 aromatic heterocycles. The molecule has 3 unspecified atom stereocenters. The van der Waals surface area contributed by atoms with Crippen LogP contribution >= 0.6 is 11.8 Å². The number of carboxylic acids is 2. The number of thioether (sulfide) groups is 1. The van der Waals surface area contributed by atoms with Crippen LogP contribution in [-0.2, 0) is 41.6 Å². The Balaban J connectivity index is 1.45. The molecule has 0 aliphatic carbocycles.